The van der Waals surface area contributed by atoms with E-state index in [-0.39, 0.29) is 11.8 Å². The monoisotopic (exact) mass is 334 g/mol. The minimum atomic E-state index is -3.09. The van der Waals surface area contributed by atoms with Crippen molar-refractivity contribution in [2.45, 2.75) is 32.7 Å². The highest BCUT2D eigenvalue weighted by Crippen LogP contribution is 2.30. The second-order valence-electron chi connectivity index (χ2n) is 5.86. The fraction of sp³-hybridized carbons (Fsp3) is 0.500. The number of pyridine rings is 1. The Balaban J connectivity index is 1.83. The van der Waals surface area contributed by atoms with Crippen LogP contribution in [-0.2, 0) is 10.0 Å². The van der Waals surface area contributed by atoms with Gasteiger partial charge in [-0.3, -0.25) is 4.98 Å². The summed E-state index contributed by atoms with van der Waals surface area (Å²) >= 11 is 0. The lowest BCUT2D eigenvalue weighted by atomic mass is 10.1. The number of hydrogen-bond acceptors (Lipinski definition) is 4. The van der Waals surface area contributed by atoms with E-state index in [1.807, 2.05) is 25.3 Å². The van der Waals surface area contributed by atoms with Gasteiger partial charge in [0.25, 0.3) is 0 Å². The van der Waals surface area contributed by atoms with Crippen LogP contribution < -0.4 is 0 Å². The highest BCUT2D eigenvalue weighted by atomic mass is 32.2. The molecule has 124 valence electrons. The van der Waals surface area contributed by atoms with Crippen molar-refractivity contribution in [2.24, 2.45) is 0 Å². The number of rotatable bonds is 4. The molecular weight excluding hydrogens is 312 g/mol. The maximum absolute atomic E-state index is 12.0. The number of sulfonamides is 1. The summed E-state index contributed by atoms with van der Waals surface area (Å²) in [6, 6.07) is 4.19. The Morgan fingerprint density at radius 1 is 1.22 bits per heavy atom. The fourth-order valence-corrected chi connectivity index (χ4v) is 4.31. The molecule has 0 N–H and O–H groups in total. The third-order valence-corrected chi connectivity index (χ3v) is 6.35. The van der Waals surface area contributed by atoms with E-state index in [0.29, 0.717) is 13.1 Å². The van der Waals surface area contributed by atoms with Crippen LogP contribution in [0.15, 0.2) is 30.7 Å². The van der Waals surface area contributed by atoms with Gasteiger partial charge < -0.3 is 4.57 Å². The van der Waals surface area contributed by atoms with Gasteiger partial charge >= 0.3 is 0 Å². The molecule has 0 radical (unpaired) electrons. The maximum atomic E-state index is 12.0. The van der Waals surface area contributed by atoms with E-state index < -0.39 is 10.0 Å². The normalized spacial score (nSPS) is 17.5. The van der Waals surface area contributed by atoms with E-state index in [1.54, 1.807) is 23.6 Å². The third-order valence-electron chi connectivity index (χ3n) is 4.47. The Kier molecular flexibility index (Phi) is 4.50. The van der Waals surface area contributed by atoms with E-state index >= 15 is 0 Å². The Bertz CT molecular complexity index is 763. The molecule has 0 amide bonds. The quantitative estimate of drug-likeness (QED) is 0.860. The van der Waals surface area contributed by atoms with Crippen LogP contribution in [0, 0.1) is 6.92 Å². The number of imidazole rings is 1. The van der Waals surface area contributed by atoms with Gasteiger partial charge in [-0.2, -0.15) is 0 Å². The van der Waals surface area contributed by atoms with Crippen LogP contribution in [0.3, 0.4) is 0 Å². The topological polar surface area (TPSA) is 68.1 Å². The Morgan fingerprint density at radius 2 is 1.87 bits per heavy atom. The van der Waals surface area contributed by atoms with Crippen molar-refractivity contribution in [1.82, 2.24) is 18.8 Å². The highest BCUT2D eigenvalue weighted by molar-refractivity contribution is 7.89. The van der Waals surface area contributed by atoms with Crippen LogP contribution in [0.25, 0.3) is 11.4 Å². The Morgan fingerprint density at radius 3 is 2.48 bits per heavy atom. The molecule has 0 bridgehead atoms. The zero-order chi connectivity index (χ0) is 16.4. The van der Waals surface area contributed by atoms with Gasteiger partial charge in [0.1, 0.15) is 5.82 Å². The first kappa shape index (κ1) is 16.1. The maximum Gasteiger partial charge on any atom is 0.213 e. The van der Waals surface area contributed by atoms with Gasteiger partial charge in [-0.15, -0.1) is 0 Å². The SMILES string of the molecule is CCS(=O)(=O)N1CCC(n2c(C)cnc2-c2ccncc2)CC1. The Labute approximate surface area is 137 Å². The summed E-state index contributed by atoms with van der Waals surface area (Å²) in [5.74, 6) is 1.10. The smallest absolute Gasteiger partial charge is 0.213 e. The molecule has 23 heavy (non-hydrogen) atoms. The first-order valence-corrected chi connectivity index (χ1v) is 9.56. The standard InChI is InChI=1S/C16H22N4O2S/c1-3-23(21,22)19-10-6-15(7-11-19)20-13(2)12-18-16(20)14-4-8-17-9-5-14/h4-5,8-9,12,15H,3,6-7,10-11H2,1-2H3. The molecule has 7 heteroatoms. The van der Waals surface area contributed by atoms with Crippen LogP contribution in [0.4, 0.5) is 0 Å². The first-order valence-electron chi connectivity index (χ1n) is 7.95. The molecule has 0 aliphatic carbocycles. The molecule has 2 aromatic heterocycles. The van der Waals surface area contributed by atoms with Crippen LogP contribution in [0.5, 0.6) is 0 Å². The van der Waals surface area contributed by atoms with Crippen molar-refractivity contribution in [3.63, 3.8) is 0 Å². The number of aryl methyl sites for hydroxylation is 1. The summed E-state index contributed by atoms with van der Waals surface area (Å²) in [6.45, 7) is 4.90. The largest absolute Gasteiger partial charge is 0.325 e. The molecule has 0 aromatic carbocycles. The summed E-state index contributed by atoms with van der Waals surface area (Å²) in [4.78, 5) is 8.60. The van der Waals surface area contributed by atoms with Crippen molar-refractivity contribution in [1.29, 1.82) is 0 Å². The van der Waals surface area contributed by atoms with Crippen molar-refractivity contribution < 1.29 is 8.42 Å². The Hall–Kier alpha value is -1.73. The van der Waals surface area contributed by atoms with Crippen LogP contribution in [0.2, 0.25) is 0 Å². The summed E-state index contributed by atoms with van der Waals surface area (Å²) in [6.07, 6.45) is 7.04. The molecule has 0 spiro atoms. The molecule has 6 nitrogen and oxygen atoms in total. The predicted molar refractivity (Wildman–Crippen MR) is 89.5 cm³/mol. The third kappa shape index (κ3) is 3.16. The number of hydrogen-bond donors (Lipinski definition) is 0. The summed E-state index contributed by atoms with van der Waals surface area (Å²) in [7, 11) is -3.09. The molecule has 2 aromatic rings. The first-order chi connectivity index (χ1) is 11.0. The van der Waals surface area contributed by atoms with Crippen molar-refractivity contribution in [3.05, 3.63) is 36.4 Å². The highest BCUT2D eigenvalue weighted by Gasteiger charge is 2.29. The summed E-state index contributed by atoms with van der Waals surface area (Å²) in [5, 5.41) is 0. The van der Waals surface area contributed by atoms with Crippen molar-refractivity contribution in [3.8, 4) is 11.4 Å². The lowest BCUT2D eigenvalue weighted by Crippen LogP contribution is -2.40. The molecular formula is C16H22N4O2S. The second-order valence-corrected chi connectivity index (χ2v) is 8.12. The van der Waals surface area contributed by atoms with Gasteiger partial charge in [-0.25, -0.2) is 17.7 Å². The van der Waals surface area contributed by atoms with Crippen LogP contribution in [-0.4, -0.2) is 46.1 Å². The molecule has 1 saturated heterocycles. The molecule has 0 unspecified atom stereocenters. The summed E-state index contributed by atoms with van der Waals surface area (Å²) < 4.78 is 27.9. The number of aromatic nitrogens is 3. The molecule has 1 fully saturated rings. The van der Waals surface area contributed by atoms with Gasteiger partial charge in [0.15, 0.2) is 0 Å². The molecule has 1 aliphatic rings. The number of nitrogens with zero attached hydrogens (tertiary/aromatic N) is 4. The van der Waals surface area contributed by atoms with Gasteiger partial charge in [-0.05, 0) is 38.8 Å². The van der Waals surface area contributed by atoms with Gasteiger partial charge in [0.05, 0.1) is 5.75 Å². The lowest BCUT2D eigenvalue weighted by molar-refractivity contribution is 0.273. The van der Waals surface area contributed by atoms with Gasteiger partial charge in [-0.1, -0.05) is 0 Å². The molecule has 0 atom stereocenters. The average molecular weight is 334 g/mol. The van der Waals surface area contributed by atoms with Crippen molar-refractivity contribution >= 4 is 10.0 Å². The minimum absolute atomic E-state index is 0.171. The fourth-order valence-electron chi connectivity index (χ4n) is 3.18. The number of piperidine rings is 1. The average Bonchev–Trinajstić information content (AvgIpc) is 2.97. The van der Waals surface area contributed by atoms with E-state index in [9.17, 15) is 8.42 Å². The van der Waals surface area contributed by atoms with Crippen molar-refractivity contribution in [2.75, 3.05) is 18.8 Å². The zero-order valence-corrected chi connectivity index (χ0v) is 14.3. The molecule has 3 heterocycles. The summed E-state index contributed by atoms with van der Waals surface area (Å²) in [5.41, 5.74) is 2.14. The molecule has 1 aliphatic heterocycles. The van der Waals surface area contributed by atoms with Crippen LogP contribution >= 0.6 is 0 Å². The van der Waals surface area contributed by atoms with E-state index in [4.69, 9.17) is 0 Å². The van der Waals surface area contributed by atoms with Gasteiger partial charge in [0, 0.05) is 49.0 Å². The lowest BCUT2D eigenvalue weighted by Gasteiger charge is -2.33. The molecule has 0 saturated carbocycles. The zero-order valence-electron chi connectivity index (χ0n) is 13.5. The van der Waals surface area contributed by atoms with Gasteiger partial charge in [0.2, 0.25) is 10.0 Å². The molecule has 3 rings (SSSR count). The minimum Gasteiger partial charge on any atom is -0.325 e. The van der Waals surface area contributed by atoms with E-state index in [1.165, 1.54) is 0 Å². The van der Waals surface area contributed by atoms with Crippen LogP contribution in [0.1, 0.15) is 31.5 Å². The van der Waals surface area contributed by atoms with E-state index in [2.05, 4.69) is 14.5 Å². The predicted octanol–water partition coefficient (Wildman–Crippen LogP) is 2.24. The second kappa shape index (κ2) is 6.41. The van der Waals surface area contributed by atoms with E-state index in [0.717, 1.165) is 29.9 Å².